The van der Waals surface area contributed by atoms with Gasteiger partial charge >= 0.3 is 0 Å². The van der Waals surface area contributed by atoms with Crippen LogP contribution in [-0.4, -0.2) is 26.7 Å². The average Bonchev–Trinajstić information content (AvgIpc) is 2.28. The normalized spacial score (nSPS) is 9.73. The van der Waals surface area contributed by atoms with Crippen molar-refractivity contribution in [3.63, 3.8) is 0 Å². The van der Waals surface area contributed by atoms with Crippen molar-refractivity contribution in [2.24, 2.45) is 0 Å². The highest BCUT2D eigenvalue weighted by atomic mass is 16.5. The molecule has 0 saturated carbocycles. The summed E-state index contributed by atoms with van der Waals surface area (Å²) in [6, 6.07) is 9.43. The van der Waals surface area contributed by atoms with Crippen LogP contribution in [0.25, 0.3) is 0 Å². The Morgan fingerprint density at radius 2 is 2.00 bits per heavy atom. The minimum atomic E-state index is -0.122. The molecule has 0 radical (unpaired) electrons. The van der Waals surface area contributed by atoms with Crippen molar-refractivity contribution in [3.05, 3.63) is 42.5 Å². The third-order valence-electron chi connectivity index (χ3n) is 2.07. The van der Waals surface area contributed by atoms with Crippen molar-refractivity contribution >= 4 is 11.6 Å². The topological polar surface area (TPSA) is 29.5 Å². The van der Waals surface area contributed by atoms with Crippen molar-refractivity contribution in [2.75, 3.05) is 25.7 Å². The van der Waals surface area contributed by atoms with Gasteiger partial charge in [-0.1, -0.05) is 24.8 Å². The van der Waals surface area contributed by atoms with E-state index in [1.54, 1.807) is 19.1 Å². The molecule has 1 amide bonds. The number of ether oxygens (including phenoxy) is 1. The molecule has 0 atom stereocenters. The minimum absolute atomic E-state index is 0.122. The summed E-state index contributed by atoms with van der Waals surface area (Å²) in [5.41, 5.74) is 1.30. The summed E-state index contributed by atoms with van der Waals surface area (Å²) >= 11 is 0. The van der Waals surface area contributed by atoms with Gasteiger partial charge in [0.2, 0.25) is 0 Å². The van der Waals surface area contributed by atoms with Gasteiger partial charge in [0.25, 0.3) is 5.91 Å². The Labute approximate surface area is 90.0 Å². The molecular formula is C12H15NO2. The number of methoxy groups -OCH3 is 1. The molecule has 3 nitrogen and oxygen atoms in total. The number of nitrogens with zero attached hydrogens (tertiary/aromatic N) is 1. The number of likely N-dealkylation sites (N-methyl/N-ethyl adjacent to an activating group) is 1. The number of anilines is 1. The molecule has 0 saturated heterocycles. The molecule has 0 N–H and O–H groups in total. The fourth-order valence-electron chi connectivity index (χ4n) is 1.24. The molecule has 0 aliphatic rings. The molecule has 3 heteroatoms. The van der Waals surface area contributed by atoms with Crippen LogP contribution in [0.5, 0.6) is 0 Å². The van der Waals surface area contributed by atoms with E-state index < -0.39 is 0 Å². The zero-order chi connectivity index (χ0) is 11.3. The first kappa shape index (κ1) is 11.5. The fourth-order valence-corrected chi connectivity index (χ4v) is 1.24. The van der Waals surface area contributed by atoms with Crippen LogP contribution in [0.2, 0.25) is 0 Å². The lowest BCUT2D eigenvalue weighted by atomic mass is 10.2. The van der Waals surface area contributed by atoms with E-state index in [0.29, 0.717) is 5.57 Å². The maximum atomic E-state index is 11.8. The predicted octanol–water partition coefficient (Wildman–Crippen LogP) is 1.85. The first-order chi connectivity index (χ1) is 7.16. The number of carbonyl (C=O) groups excluding carboxylic acids is 1. The van der Waals surface area contributed by atoms with E-state index in [1.807, 2.05) is 30.3 Å². The van der Waals surface area contributed by atoms with Gasteiger partial charge in [-0.05, 0) is 12.1 Å². The molecule has 0 unspecified atom stereocenters. The first-order valence-corrected chi connectivity index (χ1v) is 4.66. The molecule has 15 heavy (non-hydrogen) atoms. The summed E-state index contributed by atoms with van der Waals surface area (Å²) in [5.74, 6) is -0.122. The summed E-state index contributed by atoms with van der Waals surface area (Å²) in [5, 5.41) is 0. The highest BCUT2D eigenvalue weighted by Gasteiger charge is 2.13. The number of para-hydroxylation sites is 1. The second-order valence-corrected chi connectivity index (χ2v) is 3.24. The molecule has 1 aromatic carbocycles. The van der Waals surface area contributed by atoms with Gasteiger partial charge < -0.3 is 9.64 Å². The first-order valence-electron chi connectivity index (χ1n) is 4.66. The van der Waals surface area contributed by atoms with Crippen LogP contribution in [0.3, 0.4) is 0 Å². The van der Waals surface area contributed by atoms with Crippen molar-refractivity contribution in [1.29, 1.82) is 0 Å². The van der Waals surface area contributed by atoms with Crippen LogP contribution in [0.4, 0.5) is 5.69 Å². The van der Waals surface area contributed by atoms with Crippen molar-refractivity contribution in [1.82, 2.24) is 0 Å². The monoisotopic (exact) mass is 205 g/mol. The lowest BCUT2D eigenvalue weighted by Crippen LogP contribution is -2.28. The zero-order valence-electron chi connectivity index (χ0n) is 9.06. The standard InChI is InChI=1S/C12H15NO2/c1-10(9-15-3)12(14)13(2)11-7-5-4-6-8-11/h4-8H,1,9H2,2-3H3. The van der Waals surface area contributed by atoms with Gasteiger partial charge in [-0.15, -0.1) is 0 Å². The molecule has 0 spiro atoms. The Morgan fingerprint density at radius 3 is 2.53 bits per heavy atom. The molecule has 0 fully saturated rings. The number of benzene rings is 1. The summed E-state index contributed by atoms with van der Waals surface area (Å²) in [4.78, 5) is 13.3. The SMILES string of the molecule is C=C(COC)C(=O)N(C)c1ccccc1. The van der Waals surface area contributed by atoms with Crippen LogP contribution in [0.15, 0.2) is 42.5 Å². The van der Waals surface area contributed by atoms with Crippen LogP contribution in [0, 0.1) is 0 Å². The second kappa shape index (κ2) is 5.32. The zero-order valence-corrected chi connectivity index (χ0v) is 9.06. The largest absolute Gasteiger partial charge is 0.380 e. The number of carbonyl (C=O) groups is 1. The summed E-state index contributed by atoms with van der Waals surface area (Å²) in [6.07, 6.45) is 0. The lowest BCUT2D eigenvalue weighted by Gasteiger charge is -2.18. The predicted molar refractivity (Wildman–Crippen MR) is 60.9 cm³/mol. The highest BCUT2D eigenvalue weighted by Crippen LogP contribution is 2.13. The highest BCUT2D eigenvalue weighted by molar-refractivity contribution is 6.04. The maximum Gasteiger partial charge on any atom is 0.255 e. The van der Waals surface area contributed by atoms with E-state index in [0.717, 1.165) is 5.69 Å². The van der Waals surface area contributed by atoms with Crippen molar-refractivity contribution in [2.45, 2.75) is 0 Å². The second-order valence-electron chi connectivity index (χ2n) is 3.24. The molecule has 0 aromatic heterocycles. The molecule has 0 bridgehead atoms. The molecule has 1 rings (SSSR count). The number of hydrogen-bond donors (Lipinski definition) is 0. The fraction of sp³-hybridized carbons (Fsp3) is 0.250. The lowest BCUT2D eigenvalue weighted by molar-refractivity contribution is -0.115. The third-order valence-corrected chi connectivity index (χ3v) is 2.07. The van der Waals surface area contributed by atoms with Crippen LogP contribution >= 0.6 is 0 Å². The summed E-state index contributed by atoms with van der Waals surface area (Å²) in [6.45, 7) is 3.93. The third kappa shape index (κ3) is 2.92. The van der Waals surface area contributed by atoms with E-state index in [2.05, 4.69) is 6.58 Å². The summed E-state index contributed by atoms with van der Waals surface area (Å²) < 4.78 is 4.86. The van der Waals surface area contributed by atoms with Gasteiger partial charge in [0, 0.05) is 25.4 Å². The molecular weight excluding hydrogens is 190 g/mol. The van der Waals surface area contributed by atoms with Crippen LogP contribution in [0.1, 0.15) is 0 Å². The number of amides is 1. The average molecular weight is 205 g/mol. The van der Waals surface area contributed by atoms with E-state index >= 15 is 0 Å². The van der Waals surface area contributed by atoms with E-state index in [9.17, 15) is 4.79 Å². The molecule has 80 valence electrons. The van der Waals surface area contributed by atoms with Crippen LogP contribution < -0.4 is 4.90 Å². The molecule has 0 aliphatic carbocycles. The Morgan fingerprint density at radius 1 is 1.40 bits per heavy atom. The Hall–Kier alpha value is -1.61. The van der Waals surface area contributed by atoms with Gasteiger partial charge in [-0.3, -0.25) is 4.79 Å². The van der Waals surface area contributed by atoms with Gasteiger partial charge in [-0.2, -0.15) is 0 Å². The molecule has 1 aromatic rings. The number of rotatable bonds is 4. The van der Waals surface area contributed by atoms with Gasteiger partial charge in [0.05, 0.1) is 6.61 Å². The Balaban J connectivity index is 2.73. The maximum absolute atomic E-state index is 11.8. The molecule has 0 aliphatic heterocycles. The van der Waals surface area contributed by atoms with Crippen LogP contribution in [-0.2, 0) is 9.53 Å². The van der Waals surface area contributed by atoms with Crippen molar-refractivity contribution < 1.29 is 9.53 Å². The Kier molecular flexibility index (Phi) is 4.06. The van der Waals surface area contributed by atoms with Gasteiger partial charge in [0.15, 0.2) is 0 Å². The van der Waals surface area contributed by atoms with E-state index in [1.165, 1.54) is 0 Å². The number of hydrogen-bond acceptors (Lipinski definition) is 2. The van der Waals surface area contributed by atoms with Gasteiger partial charge in [0.1, 0.15) is 0 Å². The molecule has 0 heterocycles. The minimum Gasteiger partial charge on any atom is -0.380 e. The smallest absolute Gasteiger partial charge is 0.255 e. The van der Waals surface area contributed by atoms with Gasteiger partial charge in [-0.25, -0.2) is 0 Å². The quantitative estimate of drug-likeness (QED) is 0.702. The Bertz CT molecular complexity index is 346. The van der Waals surface area contributed by atoms with Crippen molar-refractivity contribution in [3.8, 4) is 0 Å². The summed E-state index contributed by atoms with van der Waals surface area (Å²) in [7, 11) is 3.26. The van der Waals surface area contributed by atoms with E-state index in [-0.39, 0.29) is 12.5 Å². The van der Waals surface area contributed by atoms with E-state index in [4.69, 9.17) is 4.74 Å².